The molecule has 0 spiro atoms. The van der Waals surface area contributed by atoms with E-state index in [2.05, 4.69) is 19.2 Å². The zero-order chi connectivity index (χ0) is 13.9. The lowest BCUT2D eigenvalue weighted by atomic mass is 10.0. The van der Waals surface area contributed by atoms with Crippen LogP contribution in [0.3, 0.4) is 0 Å². The molecule has 0 heterocycles. The molecular formula is C13H17ClF3N. The molecule has 102 valence electrons. The summed E-state index contributed by atoms with van der Waals surface area (Å²) in [6.07, 6.45) is -3.53. The maximum Gasteiger partial charge on any atom is 0.417 e. The third-order valence-electron chi connectivity index (χ3n) is 2.51. The maximum atomic E-state index is 12.7. The number of rotatable bonds is 4. The smallest absolute Gasteiger partial charge is 0.383 e. The van der Waals surface area contributed by atoms with Crippen molar-refractivity contribution in [3.63, 3.8) is 0 Å². The fourth-order valence-electron chi connectivity index (χ4n) is 1.88. The van der Waals surface area contributed by atoms with Crippen LogP contribution in [-0.2, 0) is 6.18 Å². The van der Waals surface area contributed by atoms with E-state index in [0.717, 1.165) is 12.5 Å². The minimum absolute atomic E-state index is 0.118. The van der Waals surface area contributed by atoms with Crippen LogP contribution in [-0.4, -0.2) is 6.04 Å². The van der Waals surface area contributed by atoms with Gasteiger partial charge in [0.2, 0.25) is 0 Å². The molecule has 0 aromatic heterocycles. The number of hydrogen-bond acceptors (Lipinski definition) is 1. The Hall–Kier alpha value is -0.900. The van der Waals surface area contributed by atoms with Gasteiger partial charge in [-0.2, -0.15) is 13.2 Å². The summed E-state index contributed by atoms with van der Waals surface area (Å²) in [6.45, 7) is 6.09. The highest BCUT2D eigenvalue weighted by atomic mass is 35.5. The fourth-order valence-corrected chi connectivity index (χ4v) is 2.11. The summed E-state index contributed by atoms with van der Waals surface area (Å²) in [5.41, 5.74) is -0.356. The number of halogens is 4. The zero-order valence-corrected chi connectivity index (χ0v) is 11.4. The van der Waals surface area contributed by atoms with E-state index in [0.29, 0.717) is 11.6 Å². The Morgan fingerprint density at radius 3 is 2.33 bits per heavy atom. The lowest BCUT2D eigenvalue weighted by molar-refractivity contribution is -0.137. The molecule has 0 radical (unpaired) electrons. The minimum Gasteiger partial charge on any atom is -0.383 e. The van der Waals surface area contributed by atoms with Gasteiger partial charge in [0.05, 0.1) is 10.6 Å². The highest BCUT2D eigenvalue weighted by Crippen LogP contribution is 2.36. The molecule has 1 unspecified atom stereocenters. The van der Waals surface area contributed by atoms with Gasteiger partial charge in [-0.3, -0.25) is 0 Å². The second kappa shape index (κ2) is 5.83. The molecule has 5 heteroatoms. The first-order valence-electron chi connectivity index (χ1n) is 5.83. The molecule has 0 aliphatic heterocycles. The minimum atomic E-state index is -4.42. The van der Waals surface area contributed by atoms with E-state index in [1.165, 1.54) is 6.07 Å². The Morgan fingerprint density at radius 1 is 1.22 bits per heavy atom. The summed E-state index contributed by atoms with van der Waals surface area (Å²) >= 11 is 5.55. The molecule has 0 saturated carbocycles. The standard InChI is InChI=1S/C13H17ClF3N/c1-8(2)6-9(3)18-10-4-5-12(14)11(7-10)13(15,16)17/h4-5,7-9,18H,6H2,1-3H3. The number of alkyl halides is 3. The van der Waals surface area contributed by atoms with Crippen molar-refractivity contribution in [2.24, 2.45) is 5.92 Å². The SMILES string of the molecule is CC(C)CC(C)Nc1ccc(Cl)c(C(F)(F)F)c1. The highest BCUT2D eigenvalue weighted by molar-refractivity contribution is 6.31. The van der Waals surface area contributed by atoms with Crippen LogP contribution in [0.4, 0.5) is 18.9 Å². The lowest BCUT2D eigenvalue weighted by Crippen LogP contribution is -2.18. The van der Waals surface area contributed by atoms with Crippen LogP contribution in [0.1, 0.15) is 32.8 Å². The molecule has 1 aromatic rings. The van der Waals surface area contributed by atoms with E-state index in [4.69, 9.17) is 11.6 Å². The van der Waals surface area contributed by atoms with E-state index >= 15 is 0 Å². The van der Waals surface area contributed by atoms with Gasteiger partial charge in [0.15, 0.2) is 0 Å². The van der Waals surface area contributed by atoms with Crippen molar-refractivity contribution in [3.8, 4) is 0 Å². The summed E-state index contributed by atoms with van der Waals surface area (Å²) in [4.78, 5) is 0. The monoisotopic (exact) mass is 279 g/mol. The summed E-state index contributed by atoms with van der Waals surface area (Å²) in [6, 6.07) is 4.01. The lowest BCUT2D eigenvalue weighted by Gasteiger charge is -2.18. The Labute approximate surface area is 110 Å². The van der Waals surface area contributed by atoms with Gasteiger partial charge >= 0.3 is 6.18 Å². The van der Waals surface area contributed by atoms with Gasteiger partial charge in [-0.1, -0.05) is 25.4 Å². The van der Waals surface area contributed by atoms with Crippen molar-refractivity contribution in [2.75, 3.05) is 5.32 Å². The average molecular weight is 280 g/mol. The van der Waals surface area contributed by atoms with Crippen LogP contribution in [0.2, 0.25) is 5.02 Å². The predicted octanol–water partition coefficient (Wildman–Crippen LogP) is 5.21. The summed E-state index contributed by atoms with van der Waals surface area (Å²) in [5.74, 6) is 0.488. The number of benzene rings is 1. The molecular weight excluding hydrogens is 263 g/mol. The molecule has 1 aromatic carbocycles. The largest absolute Gasteiger partial charge is 0.417 e. The molecule has 0 bridgehead atoms. The Balaban J connectivity index is 2.86. The van der Waals surface area contributed by atoms with Crippen LogP contribution in [0, 0.1) is 5.92 Å². The van der Waals surface area contributed by atoms with Gasteiger partial charge in [0.1, 0.15) is 0 Å². The van der Waals surface area contributed by atoms with Crippen LogP contribution < -0.4 is 5.32 Å². The first kappa shape index (κ1) is 15.2. The van der Waals surface area contributed by atoms with Gasteiger partial charge < -0.3 is 5.32 Å². The molecule has 1 rings (SSSR count). The van der Waals surface area contributed by atoms with Crippen molar-refractivity contribution >= 4 is 17.3 Å². The summed E-state index contributed by atoms with van der Waals surface area (Å²) in [7, 11) is 0. The first-order valence-corrected chi connectivity index (χ1v) is 6.21. The van der Waals surface area contributed by atoms with E-state index in [-0.39, 0.29) is 11.1 Å². The Bertz CT molecular complexity index is 402. The molecule has 0 amide bonds. The van der Waals surface area contributed by atoms with Crippen molar-refractivity contribution in [1.29, 1.82) is 0 Å². The second-order valence-electron chi connectivity index (χ2n) is 4.87. The van der Waals surface area contributed by atoms with Gasteiger partial charge in [-0.15, -0.1) is 0 Å². The van der Waals surface area contributed by atoms with Crippen molar-refractivity contribution < 1.29 is 13.2 Å². The van der Waals surface area contributed by atoms with Crippen molar-refractivity contribution in [3.05, 3.63) is 28.8 Å². The molecule has 1 nitrogen and oxygen atoms in total. The topological polar surface area (TPSA) is 12.0 Å². The third kappa shape index (κ3) is 4.41. The second-order valence-corrected chi connectivity index (χ2v) is 5.27. The van der Waals surface area contributed by atoms with E-state index in [1.54, 1.807) is 6.07 Å². The number of nitrogens with one attached hydrogen (secondary N) is 1. The van der Waals surface area contributed by atoms with Crippen molar-refractivity contribution in [2.45, 2.75) is 39.4 Å². The summed E-state index contributed by atoms with van der Waals surface area (Å²) in [5, 5.41) is 2.78. The van der Waals surface area contributed by atoms with Gasteiger partial charge in [0, 0.05) is 11.7 Å². The Kier molecular flexibility index (Phi) is 4.91. The average Bonchev–Trinajstić information content (AvgIpc) is 2.17. The van der Waals surface area contributed by atoms with Crippen LogP contribution >= 0.6 is 11.6 Å². The molecule has 1 N–H and O–H groups in total. The quantitative estimate of drug-likeness (QED) is 0.798. The first-order chi connectivity index (χ1) is 8.20. The third-order valence-corrected chi connectivity index (χ3v) is 2.84. The zero-order valence-electron chi connectivity index (χ0n) is 10.6. The van der Waals surface area contributed by atoms with Gasteiger partial charge in [0.25, 0.3) is 0 Å². The highest BCUT2D eigenvalue weighted by Gasteiger charge is 2.33. The molecule has 1 atom stereocenters. The fraction of sp³-hybridized carbons (Fsp3) is 0.538. The molecule has 0 aliphatic carbocycles. The number of anilines is 1. The number of hydrogen-bond donors (Lipinski definition) is 1. The molecule has 0 fully saturated rings. The normalized spacial score (nSPS) is 13.8. The molecule has 0 aliphatic rings. The molecule has 0 saturated heterocycles. The van der Waals surface area contributed by atoms with Gasteiger partial charge in [-0.25, -0.2) is 0 Å². The molecule has 18 heavy (non-hydrogen) atoms. The van der Waals surface area contributed by atoms with Crippen LogP contribution in [0.5, 0.6) is 0 Å². The van der Waals surface area contributed by atoms with E-state index < -0.39 is 11.7 Å². The van der Waals surface area contributed by atoms with Crippen LogP contribution in [0.25, 0.3) is 0 Å². The maximum absolute atomic E-state index is 12.7. The summed E-state index contributed by atoms with van der Waals surface area (Å²) < 4.78 is 38.0. The predicted molar refractivity (Wildman–Crippen MR) is 69.0 cm³/mol. The van der Waals surface area contributed by atoms with Gasteiger partial charge in [-0.05, 0) is 37.5 Å². The van der Waals surface area contributed by atoms with E-state index in [9.17, 15) is 13.2 Å². The van der Waals surface area contributed by atoms with E-state index in [1.807, 2.05) is 6.92 Å². The van der Waals surface area contributed by atoms with Crippen LogP contribution in [0.15, 0.2) is 18.2 Å². The van der Waals surface area contributed by atoms with Crippen molar-refractivity contribution in [1.82, 2.24) is 0 Å². The Morgan fingerprint density at radius 2 is 1.83 bits per heavy atom.